The van der Waals surface area contributed by atoms with Gasteiger partial charge in [0.05, 0.1) is 0 Å². The third-order valence-electron chi connectivity index (χ3n) is 2.43. The molecule has 112 valence electrons. The van der Waals surface area contributed by atoms with Crippen molar-refractivity contribution >= 4 is 11.9 Å². The molecule has 0 radical (unpaired) electrons. The van der Waals surface area contributed by atoms with Crippen LogP contribution in [0.15, 0.2) is 18.2 Å². The predicted molar refractivity (Wildman–Crippen MR) is 74.7 cm³/mol. The molecule has 0 spiro atoms. The maximum atomic E-state index is 13.6. The van der Waals surface area contributed by atoms with Gasteiger partial charge < -0.3 is 15.0 Å². The van der Waals surface area contributed by atoms with Crippen molar-refractivity contribution in [2.24, 2.45) is 0 Å². The minimum atomic E-state index is -0.701. The highest BCUT2D eigenvalue weighted by Gasteiger charge is 2.12. The molecule has 0 aliphatic carbocycles. The molecule has 1 N–H and O–H groups in total. The van der Waals surface area contributed by atoms with E-state index in [4.69, 9.17) is 4.74 Å². The fourth-order valence-corrected chi connectivity index (χ4v) is 1.48. The lowest BCUT2D eigenvalue weighted by Crippen LogP contribution is -2.15. The number of benzene rings is 1. The van der Waals surface area contributed by atoms with Gasteiger partial charge in [0.25, 0.3) is 0 Å². The second kappa shape index (κ2) is 6.29. The Morgan fingerprint density at radius 1 is 1.19 bits per heavy atom. The molecule has 1 aromatic heterocycles. The first kappa shape index (κ1) is 14.9. The van der Waals surface area contributed by atoms with E-state index in [1.807, 2.05) is 6.92 Å². The van der Waals surface area contributed by atoms with E-state index in [1.54, 1.807) is 19.0 Å². The molecule has 0 saturated carbocycles. The van der Waals surface area contributed by atoms with Gasteiger partial charge in [0.15, 0.2) is 11.6 Å². The molecule has 2 aromatic rings. The summed E-state index contributed by atoms with van der Waals surface area (Å²) in [7, 11) is 3.50. The zero-order valence-electron chi connectivity index (χ0n) is 11.9. The standard InChI is InChI=1S/C13H15F2N5O/c1-4-16-11-17-12(20(2)3)19-13(18-11)21-10-7-8(14)5-6-9(10)15/h5-7H,4H2,1-3H3,(H,16,17,18,19). The number of nitrogens with zero attached hydrogens (tertiary/aromatic N) is 4. The fraction of sp³-hybridized carbons (Fsp3) is 0.308. The summed E-state index contributed by atoms with van der Waals surface area (Å²) in [6, 6.07) is 2.80. The SMILES string of the molecule is CCNc1nc(Oc2cc(F)ccc2F)nc(N(C)C)n1. The maximum absolute atomic E-state index is 13.6. The molecule has 0 atom stereocenters. The summed E-state index contributed by atoms with van der Waals surface area (Å²) in [5.41, 5.74) is 0. The van der Waals surface area contributed by atoms with Crippen LogP contribution in [0.1, 0.15) is 6.92 Å². The first-order valence-electron chi connectivity index (χ1n) is 6.29. The molecular weight excluding hydrogens is 280 g/mol. The van der Waals surface area contributed by atoms with E-state index in [0.717, 1.165) is 18.2 Å². The van der Waals surface area contributed by atoms with Crippen molar-refractivity contribution in [3.8, 4) is 11.8 Å². The summed E-state index contributed by atoms with van der Waals surface area (Å²) in [4.78, 5) is 13.8. The van der Waals surface area contributed by atoms with Gasteiger partial charge in [0.1, 0.15) is 5.82 Å². The second-order valence-electron chi connectivity index (χ2n) is 4.34. The Morgan fingerprint density at radius 3 is 2.62 bits per heavy atom. The molecular formula is C13H15F2N5O. The summed E-state index contributed by atoms with van der Waals surface area (Å²) in [6.07, 6.45) is 0. The molecule has 0 unspecified atom stereocenters. The summed E-state index contributed by atoms with van der Waals surface area (Å²) in [5, 5.41) is 2.92. The van der Waals surface area contributed by atoms with Gasteiger partial charge in [-0.25, -0.2) is 8.78 Å². The Morgan fingerprint density at radius 2 is 1.95 bits per heavy atom. The number of nitrogens with one attached hydrogen (secondary N) is 1. The van der Waals surface area contributed by atoms with E-state index in [9.17, 15) is 8.78 Å². The Hall–Kier alpha value is -2.51. The summed E-state index contributed by atoms with van der Waals surface area (Å²) >= 11 is 0. The average Bonchev–Trinajstić information content (AvgIpc) is 2.43. The van der Waals surface area contributed by atoms with Crippen molar-refractivity contribution in [2.75, 3.05) is 30.9 Å². The van der Waals surface area contributed by atoms with Crippen LogP contribution in [0.3, 0.4) is 0 Å². The van der Waals surface area contributed by atoms with E-state index < -0.39 is 11.6 Å². The Bertz CT molecular complexity index is 636. The van der Waals surface area contributed by atoms with Crippen molar-refractivity contribution in [3.63, 3.8) is 0 Å². The molecule has 0 aliphatic rings. The number of rotatable bonds is 5. The lowest BCUT2D eigenvalue weighted by Gasteiger charge is -2.13. The van der Waals surface area contributed by atoms with Gasteiger partial charge in [-0.1, -0.05) is 0 Å². The molecule has 8 heteroatoms. The Kier molecular flexibility index (Phi) is 4.46. The van der Waals surface area contributed by atoms with Crippen LogP contribution < -0.4 is 15.0 Å². The zero-order chi connectivity index (χ0) is 15.4. The first-order valence-corrected chi connectivity index (χ1v) is 6.29. The third kappa shape index (κ3) is 3.74. The lowest BCUT2D eigenvalue weighted by molar-refractivity contribution is 0.406. The minimum Gasteiger partial charge on any atom is -0.421 e. The van der Waals surface area contributed by atoms with Gasteiger partial charge in [0.2, 0.25) is 11.9 Å². The third-order valence-corrected chi connectivity index (χ3v) is 2.43. The van der Waals surface area contributed by atoms with Crippen molar-refractivity contribution in [1.29, 1.82) is 0 Å². The number of ether oxygens (including phenoxy) is 1. The van der Waals surface area contributed by atoms with Crippen LogP contribution >= 0.6 is 0 Å². The normalized spacial score (nSPS) is 10.3. The Labute approximate surface area is 120 Å². The van der Waals surface area contributed by atoms with Gasteiger partial charge in [-0.15, -0.1) is 0 Å². The average molecular weight is 295 g/mol. The smallest absolute Gasteiger partial charge is 0.328 e. The van der Waals surface area contributed by atoms with E-state index in [2.05, 4.69) is 20.3 Å². The van der Waals surface area contributed by atoms with Crippen molar-refractivity contribution in [1.82, 2.24) is 15.0 Å². The van der Waals surface area contributed by atoms with Gasteiger partial charge in [-0.2, -0.15) is 15.0 Å². The van der Waals surface area contributed by atoms with Crippen LogP contribution in [-0.4, -0.2) is 35.6 Å². The predicted octanol–water partition coefficient (Wildman–Crippen LogP) is 2.44. The molecule has 2 rings (SSSR count). The number of aromatic nitrogens is 3. The maximum Gasteiger partial charge on any atom is 0.328 e. The van der Waals surface area contributed by atoms with Gasteiger partial charge in [0, 0.05) is 26.7 Å². The van der Waals surface area contributed by atoms with Crippen LogP contribution in [0.2, 0.25) is 0 Å². The van der Waals surface area contributed by atoms with Crippen molar-refractivity contribution in [2.45, 2.75) is 6.92 Å². The number of hydrogen-bond acceptors (Lipinski definition) is 6. The molecule has 0 amide bonds. The molecule has 0 aliphatic heterocycles. The van der Waals surface area contributed by atoms with Gasteiger partial charge >= 0.3 is 6.01 Å². The topological polar surface area (TPSA) is 63.2 Å². The zero-order valence-corrected chi connectivity index (χ0v) is 11.9. The van der Waals surface area contributed by atoms with Crippen LogP contribution in [0.4, 0.5) is 20.7 Å². The van der Waals surface area contributed by atoms with E-state index in [-0.39, 0.29) is 11.8 Å². The highest BCUT2D eigenvalue weighted by Crippen LogP contribution is 2.24. The van der Waals surface area contributed by atoms with Gasteiger partial charge in [-0.05, 0) is 19.1 Å². The van der Waals surface area contributed by atoms with E-state index >= 15 is 0 Å². The van der Waals surface area contributed by atoms with E-state index in [0.29, 0.717) is 18.4 Å². The fourth-order valence-electron chi connectivity index (χ4n) is 1.48. The molecule has 6 nitrogen and oxygen atoms in total. The Balaban J connectivity index is 2.36. The second-order valence-corrected chi connectivity index (χ2v) is 4.34. The summed E-state index contributed by atoms with van der Waals surface area (Å²) in [5.74, 6) is -0.961. The summed E-state index contributed by atoms with van der Waals surface area (Å²) < 4.78 is 31.9. The summed E-state index contributed by atoms with van der Waals surface area (Å²) in [6.45, 7) is 2.48. The van der Waals surface area contributed by atoms with Crippen LogP contribution in [-0.2, 0) is 0 Å². The number of anilines is 2. The van der Waals surface area contributed by atoms with Crippen molar-refractivity contribution < 1.29 is 13.5 Å². The highest BCUT2D eigenvalue weighted by atomic mass is 19.1. The first-order chi connectivity index (χ1) is 9.99. The van der Waals surface area contributed by atoms with Crippen LogP contribution in [0.5, 0.6) is 11.8 Å². The van der Waals surface area contributed by atoms with Crippen LogP contribution in [0.25, 0.3) is 0 Å². The molecule has 1 aromatic carbocycles. The quantitative estimate of drug-likeness (QED) is 0.914. The largest absolute Gasteiger partial charge is 0.421 e. The molecule has 0 bridgehead atoms. The molecule has 1 heterocycles. The lowest BCUT2D eigenvalue weighted by atomic mass is 10.3. The number of halogens is 2. The van der Waals surface area contributed by atoms with Crippen LogP contribution in [0, 0.1) is 11.6 Å². The van der Waals surface area contributed by atoms with E-state index in [1.165, 1.54) is 0 Å². The highest BCUT2D eigenvalue weighted by molar-refractivity contribution is 5.38. The molecule has 0 fully saturated rings. The van der Waals surface area contributed by atoms with Gasteiger partial charge in [-0.3, -0.25) is 0 Å². The monoisotopic (exact) mass is 295 g/mol. The molecule has 0 saturated heterocycles. The minimum absolute atomic E-state index is 0.117. The number of hydrogen-bond donors (Lipinski definition) is 1. The molecule has 21 heavy (non-hydrogen) atoms. The van der Waals surface area contributed by atoms with Crippen molar-refractivity contribution in [3.05, 3.63) is 29.8 Å².